The zero-order valence-corrected chi connectivity index (χ0v) is 19.9. The van der Waals surface area contributed by atoms with Crippen molar-refractivity contribution < 1.29 is 12.8 Å². The number of nitrogens with zero attached hydrogens (tertiary/aromatic N) is 2. The Kier molecular flexibility index (Phi) is 6.44. The second-order valence-electron chi connectivity index (χ2n) is 7.11. The van der Waals surface area contributed by atoms with Crippen LogP contribution in [0.1, 0.15) is 25.7 Å². The lowest BCUT2D eigenvalue weighted by molar-refractivity contribution is 0.543. The first-order chi connectivity index (χ1) is 14.4. The number of hydrogen-bond acceptors (Lipinski definition) is 5. The molecule has 3 aromatic rings. The molecule has 1 aliphatic heterocycles. The molecule has 0 spiro atoms. The molecule has 0 saturated carbocycles. The third-order valence-corrected chi connectivity index (χ3v) is 7.76. The molecule has 158 valence electrons. The first-order valence-electron chi connectivity index (χ1n) is 9.58. The monoisotopic (exact) mass is 528 g/mol. The zero-order valence-electron chi connectivity index (χ0n) is 15.9. The summed E-state index contributed by atoms with van der Waals surface area (Å²) in [6, 6.07) is 11.4. The summed E-state index contributed by atoms with van der Waals surface area (Å²) in [5, 5.41) is 0.734. The van der Waals surface area contributed by atoms with Crippen LogP contribution in [0.3, 0.4) is 0 Å². The van der Waals surface area contributed by atoms with Crippen LogP contribution in [0.15, 0.2) is 61.3 Å². The van der Waals surface area contributed by atoms with Gasteiger partial charge in [0.15, 0.2) is 0 Å². The molecule has 0 aliphatic carbocycles. The van der Waals surface area contributed by atoms with E-state index >= 15 is 0 Å². The van der Waals surface area contributed by atoms with Gasteiger partial charge in [-0.2, -0.15) is 4.98 Å². The SMILES string of the molecule is O=S(=O)(c1ccc(Br)cc1)c1nc(-c2ccc(Cl)cc2Cl)oc1N1CCCCCC1. The minimum atomic E-state index is -3.89. The minimum Gasteiger partial charge on any atom is -0.419 e. The van der Waals surface area contributed by atoms with Gasteiger partial charge in [0.25, 0.3) is 0 Å². The predicted molar refractivity (Wildman–Crippen MR) is 122 cm³/mol. The molecule has 0 amide bonds. The molecular weight excluding hydrogens is 511 g/mol. The van der Waals surface area contributed by atoms with Crippen molar-refractivity contribution in [3.63, 3.8) is 0 Å². The Hall–Kier alpha value is -1.54. The van der Waals surface area contributed by atoms with Crippen molar-refractivity contribution >= 4 is 54.9 Å². The average molecular weight is 530 g/mol. The second kappa shape index (κ2) is 8.91. The third-order valence-electron chi connectivity index (χ3n) is 5.01. The summed E-state index contributed by atoms with van der Waals surface area (Å²) in [7, 11) is -3.89. The molecule has 4 rings (SSSR count). The van der Waals surface area contributed by atoms with Crippen LogP contribution < -0.4 is 4.90 Å². The Bertz CT molecular complexity index is 1160. The van der Waals surface area contributed by atoms with E-state index in [2.05, 4.69) is 20.9 Å². The Morgan fingerprint density at radius 3 is 2.27 bits per heavy atom. The standard InChI is InChI=1S/C21H19BrCl2N2O3S/c22-14-5-8-16(9-6-14)30(27,28)20-21(26-11-3-1-2-4-12-26)29-19(25-20)17-10-7-15(23)13-18(17)24/h5-10,13H,1-4,11-12H2. The fraction of sp³-hybridized carbons (Fsp3) is 0.286. The molecule has 0 atom stereocenters. The van der Waals surface area contributed by atoms with Gasteiger partial charge in [-0.3, -0.25) is 0 Å². The maximum absolute atomic E-state index is 13.5. The topological polar surface area (TPSA) is 63.4 Å². The van der Waals surface area contributed by atoms with Crippen LogP contribution in [0, 0.1) is 0 Å². The van der Waals surface area contributed by atoms with Crippen molar-refractivity contribution in [1.82, 2.24) is 4.98 Å². The second-order valence-corrected chi connectivity index (χ2v) is 10.7. The van der Waals surface area contributed by atoms with Crippen molar-refractivity contribution in [2.45, 2.75) is 35.6 Å². The summed E-state index contributed by atoms with van der Waals surface area (Å²) < 4.78 is 33.8. The first kappa shape index (κ1) is 21.7. The lowest BCUT2D eigenvalue weighted by atomic mass is 10.2. The number of anilines is 1. The van der Waals surface area contributed by atoms with Gasteiger partial charge < -0.3 is 9.32 Å². The Morgan fingerprint density at radius 2 is 1.63 bits per heavy atom. The van der Waals surface area contributed by atoms with Crippen molar-refractivity contribution in [1.29, 1.82) is 0 Å². The van der Waals surface area contributed by atoms with E-state index in [0.29, 0.717) is 28.7 Å². The molecule has 30 heavy (non-hydrogen) atoms. The van der Waals surface area contributed by atoms with Gasteiger partial charge in [-0.15, -0.1) is 0 Å². The van der Waals surface area contributed by atoms with E-state index in [1.54, 1.807) is 42.5 Å². The van der Waals surface area contributed by atoms with E-state index in [-0.39, 0.29) is 21.7 Å². The molecule has 0 unspecified atom stereocenters. The van der Waals surface area contributed by atoms with Crippen LogP contribution in [-0.2, 0) is 9.84 Å². The molecule has 2 heterocycles. The van der Waals surface area contributed by atoms with Crippen LogP contribution in [-0.4, -0.2) is 26.5 Å². The summed E-state index contributed by atoms with van der Waals surface area (Å²) in [4.78, 5) is 6.54. The predicted octanol–water partition coefficient (Wildman–Crippen LogP) is 6.62. The lowest BCUT2D eigenvalue weighted by Crippen LogP contribution is -2.25. The van der Waals surface area contributed by atoms with Crippen molar-refractivity contribution in [2.75, 3.05) is 18.0 Å². The van der Waals surface area contributed by atoms with E-state index < -0.39 is 9.84 Å². The molecule has 1 aliphatic rings. The van der Waals surface area contributed by atoms with E-state index in [1.807, 2.05) is 4.90 Å². The van der Waals surface area contributed by atoms with Gasteiger partial charge in [0.2, 0.25) is 26.6 Å². The van der Waals surface area contributed by atoms with Gasteiger partial charge in [-0.25, -0.2) is 8.42 Å². The lowest BCUT2D eigenvalue weighted by Gasteiger charge is -2.20. The first-order valence-corrected chi connectivity index (χ1v) is 12.6. The maximum Gasteiger partial charge on any atom is 0.236 e. The van der Waals surface area contributed by atoms with Gasteiger partial charge in [0.05, 0.1) is 15.5 Å². The van der Waals surface area contributed by atoms with Crippen LogP contribution in [0.5, 0.6) is 0 Å². The highest BCUT2D eigenvalue weighted by atomic mass is 79.9. The number of benzene rings is 2. The Morgan fingerprint density at radius 1 is 0.967 bits per heavy atom. The van der Waals surface area contributed by atoms with Gasteiger partial charge in [-0.1, -0.05) is 52.0 Å². The summed E-state index contributed by atoms with van der Waals surface area (Å²) in [6.07, 6.45) is 4.15. The fourth-order valence-electron chi connectivity index (χ4n) is 3.45. The number of aromatic nitrogens is 1. The molecule has 5 nitrogen and oxygen atoms in total. The zero-order chi connectivity index (χ0) is 21.3. The van der Waals surface area contributed by atoms with Gasteiger partial charge in [-0.05, 0) is 55.3 Å². The Balaban J connectivity index is 1.87. The number of oxazole rings is 1. The highest BCUT2D eigenvalue weighted by Crippen LogP contribution is 2.38. The van der Waals surface area contributed by atoms with Gasteiger partial charge >= 0.3 is 0 Å². The molecule has 0 bridgehead atoms. The van der Waals surface area contributed by atoms with Gasteiger partial charge in [0, 0.05) is 22.6 Å². The van der Waals surface area contributed by atoms with E-state index in [1.165, 1.54) is 0 Å². The van der Waals surface area contributed by atoms with Crippen molar-refractivity contribution in [3.05, 3.63) is 57.0 Å². The highest BCUT2D eigenvalue weighted by molar-refractivity contribution is 9.10. The summed E-state index contributed by atoms with van der Waals surface area (Å²) >= 11 is 15.7. The van der Waals surface area contributed by atoms with E-state index in [4.69, 9.17) is 27.6 Å². The van der Waals surface area contributed by atoms with Crippen LogP contribution in [0.2, 0.25) is 10.0 Å². The molecule has 0 radical (unpaired) electrons. The molecule has 0 N–H and O–H groups in total. The fourth-order valence-corrected chi connectivity index (χ4v) is 5.53. The summed E-state index contributed by atoms with van der Waals surface area (Å²) in [5.41, 5.74) is 0.495. The van der Waals surface area contributed by atoms with Crippen molar-refractivity contribution in [3.8, 4) is 11.5 Å². The summed E-state index contributed by atoms with van der Waals surface area (Å²) in [6.45, 7) is 1.43. The molecule has 9 heteroatoms. The Labute approximate surface area is 194 Å². The number of sulfone groups is 1. The number of rotatable bonds is 4. The average Bonchev–Trinajstić information content (AvgIpc) is 2.97. The highest BCUT2D eigenvalue weighted by Gasteiger charge is 2.32. The van der Waals surface area contributed by atoms with Crippen LogP contribution in [0.4, 0.5) is 5.88 Å². The molecule has 1 fully saturated rings. The normalized spacial score (nSPS) is 15.2. The molecule has 1 aromatic heterocycles. The summed E-state index contributed by atoms with van der Waals surface area (Å²) in [5.74, 6) is 0.424. The van der Waals surface area contributed by atoms with Crippen LogP contribution in [0.25, 0.3) is 11.5 Å². The van der Waals surface area contributed by atoms with Crippen molar-refractivity contribution in [2.24, 2.45) is 0 Å². The van der Waals surface area contributed by atoms with E-state index in [0.717, 1.165) is 30.2 Å². The molecule has 1 saturated heterocycles. The maximum atomic E-state index is 13.5. The van der Waals surface area contributed by atoms with Crippen LogP contribution >= 0.6 is 39.1 Å². The number of hydrogen-bond donors (Lipinski definition) is 0. The largest absolute Gasteiger partial charge is 0.419 e. The smallest absolute Gasteiger partial charge is 0.236 e. The third kappa shape index (κ3) is 4.40. The van der Waals surface area contributed by atoms with Gasteiger partial charge in [0.1, 0.15) is 0 Å². The number of halogens is 3. The molecular formula is C21H19BrCl2N2O3S. The molecule has 2 aromatic carbocycles. The minimum absolute atomic E-state index is 0.0901. The quantitative estimate of drug-likeness (QED) is 0.379. The van der Waals surface area contributed by atoms with E-state index in [9.17, 15) is 8.42 Å².